The number of carbonyl (C=O) groups is 1. The van der Waals surface area contributed by atoms with Crippen molar-refractivity contribution < 1.29 is 159 Å². The number of hydrogen-bond acceptors (Lipinski definition) is 32. The summed E-state index contributed by atoms with van der Waals surface area (Å²) in [6.07, 6.45) is -50.1. The Morgan fingerprint density at radius 3 is 1.31 bits per heavy atom. The number of rotatable bonds is 17. The Hall–Kier alpha value is -1.99. The molecule has 19 N–H and O–H groups in total. The first-order valence-electron chi connectivity index (χ1n) is 30.3. The first-order valence-corrected chi connectivity index (χ1v) is 30.3. The Balaban J connectivity index is 0.919. The van der Waals surface area contributed by atoms with Gasteiger partial charge in [-0.25, -0.2) is 0 Å². The van der Waals surface area contributed by atoms with Crippen molar-refractivity contribution in [3.8, 4) is 0 Å². The number of esters is 1. The van der Waals surface area contributed by atoms with E-state index in [1.165, 1.54) is 6.92 Å². The lowest BCUT2D eigenvalue weighted by atomic mass is 9.41. The molecule has 6 saturated heterocycles. The third-order valence-corrected chi connectivity index (χ3v) is 21.3. The Bertz CT molecular complexity index is 2380. The quantitative estimate of drug-likeness (QED) is 0.0365. The van der Waals surface area contributed by atoms with E-state index in [-0.39, 0.29) is 18.8 Å². The van der Waals surface area contributed by atoms with Crippen LogP contribution in [0.2, 0.25) is 0 Å². The second-order valence-corrected chi connectivity index (χ2v) is 26.4. The minimum absolute atomic E-state index is 0.130. The molecule has 0 aromatic rings. The summed E-state index contributed by atoms with van der Waals surface area (Å²) in [6, 6.07) is 0. The lowest BCUT2D eigenvalue weighted by Crippen LogP contribution is -2.68. The van der Waals surface area contributed by atoms with Crippen LogP contribution in [0.3, 0.4) is 0 Å². The van der Waals surface area contributed by atoms with E-state index in [4.69, 9.17) is 56.8 Å². The zero-order valence-corrected chi connectivity index (χ0v) is 48.9. The Kier molecular flexibility index (Phi) is 20.9. The van der Waals surface area contributed by atoms with Crippen LogP contribution in [-0.4, -0.2) is 326 Å². The van der Waals surface area contributed by atoms with Gasteiger partial charge in [0.1, 0.15) is 134 Å². The summed E-state index contributed by atoms with van der Waals surface area (Å²) in [6.45, 7) is 5.42. The lowest BCUT2D eigenvalue weighted by molar-refractivity contribution is -0.398. The molecule has 6 heterocycles. The Labute approximate surface area is 505 Å². The van der Waals surface area contributed by atoms with E-state index in [1.54, 1.807) is 6.92 Å². The third kappa shape index (κ3) is 12.0. The van der Waals surface area contributed by atoms with Crippen LogP contribution in [0.1, 0.15) is 78.6 Å². The van der Waals surface area contributed by atoms with Crippen molar-refractivity contribution in [2.45, 2.75) is 268 Å². The van der Waals surface area contributed by atoms with Gasteiger partial charge in [0.05, 0.1) is 50.2 Å². The number of carbonyl (C=O) groups excluding carboxylic acids is 1. The van der Waals surface area contributed by atoms with E-state index >= 15 is 4.79 Å². The predicted octanol–water partition coefficient (Wildman–Crippen LogP) is -8.44. The van der Waals surface area contributed by atoms with Gasteiger partial charge in [-0.2, -0.15) is 0 Å². The summed E-state index contributed by atoms with van der Waals surface area (Å²) < 4.78 is 73.2. The van der Waals surface area contributed by atoms with Crippen LogP contribution in [0.25, 0.3) is 0 Å². The van der Waals surface area contributed by atoms with Crippen LogP contribution >= 0.6 is 0 Å². The second kappa shape index (κ2) is 26.7. The van der Waals surface area contributed by atoms with Crippen LogP contribution in [0.5, 0.6) is 0 Å². The summed E-state index contributed by atoms with van der Waals surface area (Å²) in [5, 5.41) is 205. The van der Waals surface area contributed by atoms with Crippen LogP contribution in [0, 0.1) is 28.1 Å². The standard InChI is InChI=1S/C56H90O32/c1-19-12-55-10-6-26-53(3,27(55)7-11-56(19,18-55)88-51-45(86-46-38(72)34(68)28(62)20(2)77-46)43(33(67)25(17-61)82-51)84-48-40(74)36(70)30(64)22(14-58)79-48)8-5-9-54(26,4)52(76)87-50-44(85-49-41(75)37(71)31(65)23(15-59)80-49)42(32(66)24(16-60)81-50)83-47-39(73)35(69)29(63)21(13-57)78-47/h20-51,57-75H,1,5-18H2,2-4H3/t20?,21?,22?,23?,24?,25?,26?,27-,28?,29?,30?,31?,32?,33?,34?,35?,36?,37?,38?,39?,40?,41?,42?,43?,44?,45?,46?,47?,48?,49?,50?,51?,53+,54-,55+,56-/m0/s1. The van der Waals surface area contributed by atoms with E-state index < -0.39 is 251 Å². The molecular weight excluding hydrogens is 1180 g/mol. The topological polar surface area (TPSA) is 512 Å². The van der Waals surface area contributed by atoms with E-state index in [1.807, 2.05) is 0 Å². The molecule has 2 bridgehead atoms. The van der Waals surface area contributed by atoms with Crippen molar-refractivity contribution in [3.63, 3.8) is 0 Å². The molecule has 0 aromatic heterocycles. The molecule has 10 fully saturated rings. The molecule has 4 saturated carbocycles. The number of aliphatic hydroxyl groups is 19. The van der Waals surface area contributed by atoms with Crippen LogP contribution in [0.4, 0.5) is 0 Å². The third-order valence-electron chi connectivity index (χ3n) is 21.3. The van der Waals surface area contributed by atoms with Crippen molar-refractivity contribution in [2.75, 3.05) is 33.0 Å². The fraction of sp³-hybridized carbons (Fsp3) is 0.946. The van der Waals surface area contributed by atoms with Gasteiger partial charge in [-0.05, 0) is 93.5 Å². The Morgan fingerprint density at radius 2 is 0.841 bits per heavy atom. The summed E-state index contributed by atoms with van der Waals surface area (Å²) in [5.74, 6) is -1.38. The van der Waals surface area contributed by atoms with Crippen molar-refractivity contribution in [1.82, 2.24) is 0 Å². The van der Waals surface area contributed by atoms with E-state index in [0.29, 0.717) is 50.5 Å². The van der Waals surface area contributed by atoms with Gasteiger partial charge >= 0.3 is 5.97 Å². The van der Waals surface area contributed by atoms with E-state index in [2.05, 4.69) is 13.5 Å². The molecule has 0 radical (unpaired) electrons. The molecule has 32 heteroatoms. The van der Waals surface area contributed by atoms with E-state index in [9.17, 15) is 97.0 Å². The minimum Gasteiger partial charge on any atom is -0.432 e. The van der Waals surface area contributed by atoms with Gasteiger partial charge in [-0.1, -0.05) is 19.9 Å². The molecule has 10 rings (SSSR count). The maximum absolute atomic E-state index is 15.4. The molecule has 0 amide bonds. The smallest absolute Gasteiger partial charge is 0.314 e. The molecule has 506 valence electrons. The fourth-order valence-corrected chi connectivity index (χ4v) is 16.4. The van der Waals surface area contributed by atoms with Crippen molar-refractivity contribution in [1.29, 1.82) is 0 Å². The van der Waals surface area contributed by atoms with Gasteiger partial charge in [0.15, 0.2) is 37.6 Å². The summed E-state index contributed by atoms with van der Waals surface area (Å²) in [7, 11) is 0. The number of ether oxygens (including phenoxy) is 12. The van der Waals surface area contributed by atoms with Crippen molar-refractivity contribution in [2.24, 2.45) is 28.1 Å². The highest BCUT2D eigenvalue weighted by Gasteiger charge is 2.70. The summed E-state index contributed by atoms with van der Waals surface area (Å²) in [5.41, 5.74) is -3.10. The van der Waals surface area contributed by atoms with Gasteiger partial charge < -0.3 is 154 Å². The number of aliphatic hydroxyl groups excluding tert-OH is 19. The molecule has 36 atom stereocenters. The molecule has 6 aliphatic heterocycles. The number of hydrogen-bond donors (Lipinski definition) is 19. The van der Waals surface area contributed by atoms with Gasteiger partial charge in [-0.3, -0.25) is 4.79 Å². The molecule has 10 aliphatic rings. The first-order chi connectivity index (χ1) is 41.6. The van der Waals surface area contributed by atoms with Crippen LogP contribution in [0.15, 0.2) is 12.2 Å². The maximum atomic E-state index is 15.4. The fourth-order valence-electron chi connectivity index (χ4n) is 16.4. The zero-order chi connectivity index (χ0) is 64.0. The van der Waals surface area contributed by atoms with Crippen LogP contribution in [-0.2, 0) is 61.6 Å². The first kappa shape index (κ1) is 68.9. The normalized spacial score (nSPS) is 55.0. The van der Waals surface area contributed by atoms with Gasteiger partial charge in [0.25, 0.3) is 0 Å². The lowest BCUT2D eigenvalue weighted by Gasteiger charge is -2.64. The SMILES string of the molecule is C=C1C[C@@]23CCC4[C@@](C)(C(=O)OC5OC(CO)C(O)C(OC6OC(CO)C(O)C(O)C6O)C5OC5OC(CO)C(O)C(O)C5O)CCC[C@@]4(C)[C@@H]2CC[C@]1(OC1OC(CO)C(O)C(OC2OC(CO)C(O)C(O)C2O)C1OC1OC(C)C(O)C(O)C1O)C3. The number of fused-ring (bicyclic) bond motifs is 3. The largest absolute Gasteiger partial charge is 0.432 e. The van der Waals surface area contributed by atoms with Crippen molar-refractivity contribution >= 4 is 5.97 Å². The predicted molar refractivity (Wildman–Crippen MR) is 283 cm³/mol. The highest BCUT2D eigenvalue weighted by atomic mass is 16.8. The summed E-state index contributed by atoms with van der Waals surface area (Å²) in [4.78, 5) is 15.4. The average Bonchev–Trinajstić information content (AvgIpc) is 0.951. The molecule has 1 spiro atoms. The highest BCUT2D eigenvalue weighted by molar-refractivity contribution is 5.77. The maximum Gasteiger partial charge on any atom is 0.314 e. The van der Waals surface area contributed by atoms with Gasteiger partial charge in [0.2, 0.25) is 6.29 Å². The van der Waals surface area contributed by atoms with Crippen molar-refractivity contribution in [3.05, 3.63) is 12.2 Å². The highest BCUT2D eigenvalue weighted by Crippen LogP contribution is 2.74. The van der Waals surface area contributed by atoms with Crippen LogP contribution < -0.4 is 0 Å². The molecule has 32 nitrogen and oxygen atoms in total. The molecule has 0 aromatic carbocycles. The summed E-state index contributed by atoms with van der Waals surface area (Å²) >= 11 is 0. The molecule has 88 heavy (non-hydrogen) atoms. The zero-order valence-electron chi connectivity index (χ0n) is 48.9. The molecule has 4 aliphatic carbocycles. The van der Waals surface area contributed by atoms with Gasteiger partial charge in [-0.15, -0.1) is 0 Å². The van der Waals surface area contributed by atoms with Gasteiger partial charge in [0, 0.05) is 0 Å². The van der Waals surface area contributed by atoms with E-state index in [0.717, 1.165) is 0 Å². The molecular formula is C56H90O32. The second-order valence-electron chi connectivity index (χ2n) is 26.4. The monoisotopic (exact) mass is 1270 g/mol. The molecule has 31 unspecified atom stereocenters. The minimum atomic E-state index is -2.07. The average molecular weight is 1280 g/mol. The Morgan fingerprint density at radius 1 is 0.455 bits per heavy atom.